The lowest BCUT2D eigenvalue weighted by Crippen LogP contribution is -2.15. The summed E-state index contributed by atoms with van der Waals surface area (Å²) in [5.41, 5.74) is 6.87. The maximum absolute atomic E-state index is 5.77. The molecule has 3 heteroatoms. The van der Waals surface area contributed by atoms with Crippen molar-refractivity contribution in [2.24, 2.45) is 5.73 Å². The number of thiophene rings is 1. The van der Waals surface area contributed by atoms with Gasteiger partial charge in [0.1, 0.15) is 0 Å². The van der Waals surface area contributed by atoms with E-state index in [0.29, 0.717) is 0 Å². The summed E-state index contributed by atoms with van der Waals surface area (Å²) in [6.07, 6.45) is 2.07. The first-order valence-corrected chi connectivity index (χ1v) is 5.03. The van der Waals surface area contributed by atoms with Gasteiger partial charge in [-0.1, -0.05) is 17.2 Å². The van der Waals surface area contributed by atoms with Crippen LogP contribution in [0.4, 0.5) is 0 Å². The van der Waals surface area contributed by atoms with Gasteiger partial charge < -0.3 is 5.73 Å². The van der Waals surface area contributed by atoms with E-state index in [1.165, 1.54) is 5.57 Å². The second-order valence-corrected chi connectivity index (χ2v) is 4.22. The highest BCUT2D eigenvalue weighted by Crippen LogP contribution is 2.21. The molecule has 2 N–H and O–H groups in total. The molecule has 0 radical (unpaired) electrons. The summed E-state index contributed by atoms with van der Waals surface area (Å²) in [6.45, 7) is 4.00. The highest BCUT2D eigenvalue weighted by molar-refractivity contribution is 7.11. The molecular weight excluding hydrogens is 190 g/mol. The van der Waals surface area contributed by atoms with Crippen LogP contribution in [0, 0.1) is 0 Å². The molecule has 0 aliphatic rings. The van der Waals surface area contributed by atoms with Crippen molar-refractivity contribution in [3.63, 3.8) is 0 Å². The van der Waals surface area contributed by atoms with Crippen LogP contribution in [0.25, 0.3) is 6.08 Å². The molecule has 1 aromatic rings. The van der Waals surface area contributed by atoms with Gasteiger partial charge in [0, 0.05) is 16.3 Å². The smallest absolute Gasteiger partial charge is 0.0519 e. The topological polar surface area (TPSA) is 26.0 Å². The van der Waals surface area contributed by atoms with E-state index in [4.69, 9.17) is 17.3 Å². The van der Waals surface area contributed by atoms with Crippen LogP contribution in [0.5, 0.6) is 0 Å². The van der Waals surface area contributed by atoms with Gasteiger partial charge in [-0.2, -0.15) is 0 Å². The zero-order valence-corrected chi connectivity index (χ0v) is 8.75. The van der Waals surface area contributed by atoms with Crippen LogP contribution in [0.2, 0.25) is 5.02 Å². The molecule has 0 spiro atoms. The molecule has 0 aromatic carbocycles. The Kier molecular flexibility index (Phi) is 3.32. The molecule has 0 fully saturated rings. The first kappa shape index (κ1) is 9.78. The van der Waals surface area contributed by atoms with Crippen LogP contribution >= 0.6 is 22.9 Å². The predicted octanol–water partition coefficient (Wildman–Crippen LogP) is 3.15. The summed E-state index contributed by atoms with van der Waals surface area (Å²) in [5.74, 6) is 0. The molecule has 66 valence electrons. The minimum absolute atomic E-state index is 0.117. The summed E-state index contributed by atoms with van der Waals surface area (Å²) in [4.78, 5) is 1.16. The SMILES string of the molecule is C/C(=C\c1cc(Cl)cs1)C(C)N. The fourth-order valence-electron chi connectivity index (χ4n) is 0.760. The average Bonchev–Trinajstić information content (AvgIpc) is 2.35. The van der Waals surface area contributed by atoms with Crippen LogP contribution in [-0.4, -0.2) is 6.04 Å². The molecule has 0 aliphatic heterocycles. The molecule has 12 heavy (non-hydrogen) atoms. The fraction of sp³-hybridized carbons (Fsp3) is 0.333. The van der Waals surface area contributed by atoms with Crippen LogP contribution in [0.1, 0.15) is 18.7 Å². The maximum Gasteiger partial charge on any atom is 0.0519 e. The van der Waals surface area contributed by atoms with Crippen LogP contribution in [0.15, 0.2) is 17.0 Å². The number of rotatable bonds is 2. The van der Waals surface area contributed by atoms with Crippen LogP contribution < -0.4 is 5.73 Å². The van der Waals surface area contributed by atoms with E-state index in [2.05, 4.69) is 6.08 Å². The van der Waals surface area contributed by atoms with Crippen molar-refractivity contribution >= 4 is 29.0 Å². The summed E-state index contributed by atoms with van der Waals surface area (Å²) in [7, 11) is 0. The van der Waals surface area contributed by atoms with Gasteiger partial charge in [-0.25, -0.2) is 0 Å². The molecule has 0 bridgehead atoms. The molecule has 0 saturated heterocycles. The molecule has 0 saturated carbocycles. The maximum atomic E-state index is 5.77. The Bertz CT molecular complexity index is 288. The Morgan fingerprint density at radius 2 is 2.42 bits per heavy atom. The van der Waals surface area contributed by atoms with Gasteiger partial charge >= 0.3 is 0 Å². The largest absolute Gasteiger partial charge is 0.324 e. The Hall–Kier alpha value is -0.310. The predicted molar refractivity (Wildman–Crippen MR) is 56.6 cm³/mol. The Morgan fingerprint density at radius 3 is 2.83 bits per heavy atom. The van der Waals surface area contributed by atoms with Crippen molar-refractivity contribution in [3.8, 4) is 0 Å². The summed E-state index contributed by atoms with van der Waals surface area (Å²) < 4.78 is 0. The molecule has 1 unspecified atom stereocenters. The second kappa shape index (κ2) is 4.08. The van der Waals surface area contributed by atoms with Gasteiger partial charge in [-0.3, -0.25) is 0 Å². The molecule has 0 aliphatic carbocycles. The first-order chi connectivity index (χ1) is 5.59. The van der Waals surface area contributed by atoms with Crippen molar-refractivity contribution in [1.29, 1.82) is 0 Å². The second-order valence-electron chi connectivity index (χ2n) is 2.84. The molecule has 1 aromatic heterocycles. The highest BCUT2D eigenvalue weighted by atomic mass is 35.5. The lowest BCUT2D eigenvalue weighted by Gasteiger charge is -2.03. The van der Waals surface area contributed by atoms with Crippen molar-refractivity contribution in [1.82, 2.24) is 0 Å². The van der Waals surface area contributed by atoms with E-state index < -0.39 is 0 Å². The molecule has 1 rings (SSSR count). The minimum atomic E-state index is 0.117. The third kappa shape index (κ3) is 2.63. The van der Waals surface area contributed by atoms with E-state index in [1.807, 2.05) is 25.3 Å². The Balaban J connectivity index is 2.80. The summed E-state index contributed by atoms with van der Waals surface area (Å²) in [6, 6.07) is 2.06. The van der Waals surface area contributed by atoms with Gasteiger partial charge in [-0.05, 0) is 26.0 Å². The van der Waals surface area contributed by atoms with Crippen LogP contribution in [-0.2, 0) is 0 Å². The van der Waals surface area contributed by atoms with Gasteiger partial charge in [0.15, 0.2) is 0 Å². The van der Waals surface area contributed by atoms with Crippen molar-refractivity contribution in [3.05, 3.63) is 26.9 Å². The molecule has 1 atom stereocenters. The normalized spacial score (nSPS) is 14.8. The van der Waals surface area contributed by atoms with Gasteiger partial charge in [-0.15, -0.1) is 11.3 Å². The zero-order chi connectivity index (χ0) is 9.14. The number of hydrogen-bond acceptors (Lipinski definition) is 2. The quantitative estimate of drug-likeness (QED) is 0.782. The van der Waals surface area contributed by atoms with Crippen LogP contribution in [0.3, 0.4) is 0 Å². The average molecular weight is 202 g/mol. The summed E-state index contributed by atoms with van der Waals surface area (Å²) >= 11 is 7.40. The standard InChI is InChI=1S/C9H12ClNS/c1-6(7(2)11)3-9-4-8(10)5-12-9/h3-5,7H,11H2,1-2H3/b6-3+. The Morgan fingerprint density at radius 1 is 1.75 bits per heavy atom. The molecule has 0 amide bonds. The van der Waals surface area contributed by atoms with E-state index >= 15 is 0 Å². The van der Waals surface area contributed by atoms with Gasteiger partial charge in [0.2, 0.25) is 0 Å². The van der Waals surface area contributed by atoms with E-state index in [0.717, 1.165) is 9.90 Å². The molecule has 1 heterocycles. The molecular formula is C9H12ClNS. The van der Waals surface area contributed by atoms with E-state index in [-0.39, 0.29) is 6.04 Å². The highest BCUT2D eigenvalue weighted by Gasteiger charge is 1.98. The third-order valence-electron chi connectivity index (χ3n) is 1.68. The van der Waals surface area contributed by atoms with E-state index in [9.17, 15) is 0 Å². The third-order valence-corrected chi connectivity index (χ3v) is 2.90. The molecule has 1 nitrogen and oxygen atoms in total. The minimum Gasteiger partial charge on any atom is -0.324 e. The van der Waals surface area contributed by atoms with Gasteiger partial charge in [0.25, 0.3) is 0 Å². The Labute approximate surface area is 81.9 Å². The zero-order valence-electron chi connectivity index (χ0n) is 7.17. The lowest BCUT2D eigenvalue weighted by molar-refractivity contribution is 0.868. The van der Waals surface area contributed by atoms with Crippen molar-refractivity contribution < 1.29 is 0 Å². The number of halogens is 1. The number of nitrogens with two attached hydrogens (primary N) is 1. The lowest BCUT2D eigenvalue weighted by atomic mass is 10.1. The van der Waals surface area contributed by atoms with E-state index in [1.54, 1.807) is 11.3 Å². The van der Waals surface area contributed by atoms with Crippen molar-refractivity contribution in [2.45, 2.75) is 19.9 Å². The van der Waals surface area contributed by atoms with Gasteiger partial charge in [0.05, 0.1) is 5.02 Å². The number of hydrogen-bond donors (Lipinski definition) is 1. The monoisotopic (exact) mass is 201 g/mol. The van der Waals surface area contributed by atoms with Crippen molar-refractivity contribution in [2.75, 3.05) is 0 Å². The fourth-order valence-corrected chi connectivity index (χ4v) is 1.84. The summed E-state index contributed by atoms with van der Waals surface area (Å²) in [5, 5.41) is 2.71. The first-order valence-electron chi connectivity index (χ1n) is 3.77.